The van der Waals surface area contributed by atoms with E-state index in [2.05, 4.69) is 34.9 Å². The number of piperazine rings is 1. The molecule has 1 fully saturated rings. The molecule has 1 aliphatic rings. The van der Waals surface area contributed by atoms with Gasteiger partial charge in [-0.3, -0.25) is 4.90 Å². The smallest absolute Gasteiger partial charge is 0.122 e. The Morgan fingerprint density at radius 2 is 1.67 bits per heavy atom. The van der Waals surface area contributed by atoms with Gasteiger partial charge in [0.25, 0.3) is 0 Å². The van der Waals surface area contributed by atoms with Crippen molar-refractivity contribution in [3.63, 3.8) is 0 Å². The van der Waals surface area contributed by atoms with Crippen molar-refractivity contribution in [2.24, 2.45) is 0 Å². The highest BCUT2D eigenvalue weighted by Gasteiger charge is 2.16. The van der Waals surface area contributed by atoms with Gasteiger partial charge in [0.2, 0.25) is 0 Å². The molecule has 164 valence electrons. The first-order valence-corrected chi connectivity index (χ1v) is 11.5. The molecule has 0 unspecified atom stereocenters. The summed E-state index contributed by atoms with van der Waals surface area (Å²) in [7, 11) is 1.71. The second-order valence-corrected chi connectivity index (χ2v) is 8.46. The van der Waals surface area contributed by atoms with Crippen LogP contribution in [0.25, 0.3) is 0 Å². The molecular formula is C25H35ClN2O2. The van der Waals surface area contributed by atoms with Gasteiger partial charge in [-0.1, -0.05) is 37.1 Å². The Labute approximate surface area is 186 Å². The fourth-order valence-electron chi connectivity index (χ4n) is 3.93. The van der Waals surface area contributed by atoms with E-state index in [1.54, 1.807) is 7.11 Å². The topological polar surface area (TPSA) is 24.9 Å². The summed E-state index contributed by atoms with van der Waals surface area (Å²) in [5, 5.41) is 0.807. The number of rotatable bonds is 11. The summed E-state index contributed by atoms with van der Waals surface area (Å²) in [5.41, 5.74) is 2.58. The summed E-state index contributed by atoms with van der Waals surface area (Å²) in [6.45, 7) is 9.69. The molecule has 4 nitrogen and oxygen atoms in total. The SMILES string of the molecule is CCCc1cc(OC)ccc1OCCCCN1CCN(Cc2ccc(Cl)cc2)CC1. The standard InChI is InChI=1S/C25H35ClN2O2/c1-3-6-22-19-24(29-2)11-12-25(22)30-18-5-4-13-27-14-16-28(17-15-27)20-21-7-9-23(26)10-8-21/h7-12,19H,3-6,13-18,20H2,1-2H3. The number of methoxy groups -OCH3 is 1. The lowest BCUT2D eigenvalue weighted by atomic mass is 10.1. The quantitative estimate of drug-likeness (QED) is 0.453. The highest BCUT2D eigenvalue weighted by molar-refractivity contribution is 6.30. The number of nitrogens with zero attached hydrogens (tertiary/aromatic N) is 2. The van der Waals surface area contributed by atoms with Crippen molar-refractivity contribution in [2.45, 2.75) is 39.2 Å². The maximum atomic E-state index is 6.08. The second-order valence-electron chi connectivity index (χ2n) is 8.02. The zero-order valence-electron chi connectivity index (χ0n) is 18.4. The van der Waals surface area contributed by atoms with Crippen LogP contribution < -0.4 is 9.47 Å². The third kappa shape index (κ3) is 7.19. The number of benzene rings is 2. The third-order valence-electron chi connectivity index (χ3n) is 5.70. The molecule has 5 heteroatoms. The highest BCUT2D eigenvalue weighted by Crippen LogP contribution is 2.25. The van der Waals surface area contributed by atoms with Crippen LogP contribution in [0.2, 0.25) is 5.02 Å². The van der Waals surface area contributed by atoms with Gasteiger partial charge in [-0.2, -0.15) is 0 Å². The minimum absolute atomic E-state index is 0.777. The van der Waals surface area contributed by atoms with Gasteiger partial charge in [-0.05, 0) is 67.3 Å². The van der Waals surface area contributed by atoms with Crippen molar-refractivity contribution < 1.29 is 9.47 Å². The van der Waals surface area contributed by atoms with Gasteiger partial charge >= 0.3 is 0 Å². The Bertz CT molecular complexity index is 758. The molecule has 0 bridgehead atoms. The molecule has 0 atom stereocenters. The largest absolute Gasteiger partial charge is 0.497 e. The molecule has 0 amide bonds. The number of halogens is 1. The Morgan fingerprint density at radius 3 is 2.37 bits per heavy atom. The summed E-state index contributed by atoms with van der Waals surface area (Å²) in [6.07, 6.45) is 4.39. The number of aryl methyl sites for hydroxylation is 1. The predicted octanol–water partition coefficient (Wildman–Crippen LogP) is 5.28. The summed E-state index contributed by atoms with van der Waals surface area (Å²) in [4.78, 5) is 5.11. The van der Waals surface area contributed by atoms with Crippen LogP contribution in [-0.2, 0) is 13.0 Å². The number of hydrogen-bond donors (Lipinski definition) is 0. The highest BCUT2D eigenvalue weighted by atomic mass is 35.5. The van der Waals surface area contributed by atoms with Crippen molar-refractivity contribution >= 4 is 11.6 Å². The van der Waals surface area contributed by atoms with Gasteiger partial charge in [-0.25, -0.2) is 0 Å². The van der Waals surface area contributed by atoms with Gasteiger partial charge in [0.15, 0.2) is 0 Å². The summed E-state index contributed by atoms with van der Waals surface area (Å²) >= 11 is 5.98. The maximum absolute atomic E-state index is 6.08. The number of unbranched alkanes of at least 4 members (excludes halogenated alkanes) is 1. The van der Waals surface area contributed by atoms with Crippen molar-refractivity contribution in [2.75, 3.05) is 46.4 Å². The molecule has 0 N–H and O–H groups in total. The molecule has 0 saturated carbocycles. The molecule has 0 aromatic heterocycles. The molecule has 1 saturated heterocycles. The van der Waals surface area contributed by atoms with E-state index in [4.69, 9.17) is 21.1 Å². The van der Waals surface area contributed by atoms with Gasteiger partial charge in [-0.15, -0.1) is 0 Å². The number of ether oxygens (including phenoxy) is 2. The van der Waals surface area contributed by atoms with Crippen molar-refractivity contribution in [1.29, 1.82) is 0 Å². The molecule has 3 rings (SSSR count). The van der Waals surface area contributed by atoms with Gasteiger partial charge in [0.1, 0.15) is 11.5 Å². The normalized spacial score (nSPS) is 15.3. The van der Waals surface area contributed by atoms with Crippen LogP contribution in [-0.4, -0.2) is 56.2 Å². The summed E-state index contributed by atoms with van der Waals surface area (Å²) < 4.78 is 11.4. The lowest BCUT2D eigenvalue weighted by Gasteiger charge is -2.34. The number of hydrogen-bond acceptors (Lipinski definition) is 4. The van der Waals surface area contributed by atoms with Crippen LogP contribution in [0.1, 0.15) is 37.3 Å². The van der Waals surface area contributed by atoms with Crippen molar-refractivity contribution in [3.8, 4) is 11.5 Å². The maximum Gasteiger partial charge on any atom is 0.122 e. The van der Waals surface area contributed by atoms with Crippen molar-refractivity contribution in [3.05, 3.63) is 58.6 Å². The minimum atomic E-state index is 0.777. The molecule has 0 aliphatic carbocycles. The molecule has 2 aromatic carbocycles. The zero-order valence-corrected chi connectivity index (χ0v) is 19.2. The Morgan fingerprint density at radius 1 is 0.933 bits per heavy atom. The lowest BCUT2D eigenvalue weighted by molar-refractivity contribution is 0.124. The van der Waals surface area contributed by atoms with E-state index in [0.717, 1.165) is 81.7 Å². The monoisotopic (exact) mass is 430 g/mol. The van der Waals surface area contributed by atoms with Crippen LogP contribution in [0.3, 0.4) is 0 Å². The van der Waals surface area contributed by atoms with E-state index >= 15 is 0 Å². The van der Waals surface area contributed by atoms with E-state index in [1.165, 1.54) is 17.5 Å². The average Bonchev–Trinajstić information content (AvgIpc) is 2.77. The van der Waals surface area contributed by atoms with E-state index in [1.807, 2.05) is 24.3 Å². The molecule has 2 aromatic rings. The minimum Gasteiger partial charge on any atom is -0.497 e. The molecule has 1 aliphatic heterocycles. The van der Waals surface area contributed by atoms with Crippen LogP contribution in [0.15, 0.2) is 42.5 Å². The first-order chi connectivity index (χ1) is 14.7. The van der Waals surface area contributed by atoms with Crippen LogP contribution >= 0.6 is 11.6 Å². The Hall–Kier alpha value is -1.75. The van der Waals surface area contributed by atoms with Gasteiger partial charge in [0.05, 0.1) is 13.7 Å². The predicted molar refractivity (Wildman–Crippen MR) is 125 cm³/mol. The van der Waals surface area contributed by atoms with Crippen molar-refractivity contribution in [1.82, 2.24) is 9.80 Å². The van der Waals surface area contributed by atoms with E-state index in [9.17, 15) is 0 Å². The average molecular weight is 431 g/mol. The third-order valence-corrected chi connectivity index (χ3v) is 5.95. The molecule has 0 spiro atoms. The molecular weight excluding hydrogens is 396 g/mol. The van der Waals surface area contributed by atoms with Crippen LogP contribution in [0.5, 0.6) is 11.5 Å². The van der Waals surface area contributed by atoms with Crippen LogP contribution in [0.4, 0.5) is 0 Å². The Balaban J connectivity index is 1.32. The van der Waals surface area contributed by atoms with Gasteiger partial charge in [0, 0.05) is 37.7 Å². The Kier molecular flexibility index (Phi) is 9.31. The van der Waals surface area contributed by atoms with E-state index in [-0.39, 0.29) is 0 Å². The second kappa shape index (κ2) is 12.2. The first kappa shape index (κ1) is 22.9. The van der Waals surface area contributed by atoms with Crippen LogP contribution in [0, 0.1) is 0 Å². The fourth-order valence-corrected chi connectivity index (χ4v) is 4.05. The lowest BCUT2D eigenvalue weighted by Crippen LogP contribution is -2.46. The first-order valence-electron chi connectivity index (χ1n) is 11.2. The summed E-state index contributed by atoms with van der Waals surface area (Å²) in [6, 6.07) is 14.3. The van der Waals surface area contributed by atoms with E-state index in [0.29, 0.717) is 0 Å². The zero-order chi connectivity index (χ0) is 21.2. The molecule has 1 heterocycles. The molecule has 30 heavy (non-hydrogen) atoms. The van der Waals surface area contributed by atoms with E-state index < -0.39 is 0 Å². The molecule has 0 radical (unpaired) electrons. The summed E-state index contributed by atoms with van der Waals surface area (Å²) in [5.74, 6) is 1.91. The van der Waals surface area contributed by atoms with Gasteiger partial charge < -0.3 is 14.4 Å². The fraction of sp³-hybridized carbons (Fsp3) is 0.520.